The van der Waals surface area contributed by atoms with Crippen LogP contribution < -0.4 is 4.90 Å². The lowest BCUT2D eigenvalue weighted by Gasteiger charge is -2.35. The Bertz CT molecular complexity index is 1450. The monoisotopic (exact) mass is 473 g/mol. The second-order valence-electron chi connectivity index (χ2n) is 7.98. The van der Waals surface area contributed by atoms with E-state index in [4.69, 9.17) is 0 Å². The molecule has 1 aromatic carbocycles. The van der Waals surface area contributed by atoms with Gasteiger partial charge >= 0.3 is 0 Å². The maximum absolute atomic E-state index is 13.6. The molecular formula is C24H20FN7OS. The van der Waals surface area contributed by atoms with Crippen LogP contribution in [0.1, 0.15) is 10.4 Å². The van der Waals surface area contributed by atoms with Gasteiger partial charge in [0.2, 0.25) is 0 Å². The highest BCUT2D eigenvalue weighted by atomic mass is 32.1. The average Bonchev–Trinajstić information content (AvgIpc) is 3.64. The predicted octanol–water partition coefficient (Wildman–Crippen LogP) is 3.77. The Morgan fingerprint density at radius 3 is 2.50 bits per heavy atom. The van der Waals surface area contributed by atoms with Gasteiger partial charge in [0.15, 0.2) is 5.82 Å². The molecule has 0 bridgehead atoms. The first-order valence-corrected chi connectivity index (χ1v) is 11.8. The number of carbonyl (C=O) groups excluding carboxylic acids is 1. The average molecular weight is 474 g/mol. The van der Waals surface area contributed by atoms with Crippen molar-refractivity contribution in [3.63, 3.8) is 0 Å². The van der Waals surface area contributed by atoms with Crippen molar-refractivity contribution < 1.29 is 9.18 Å². The normalized spacial score (nSPS) is 14.1. The summed E-state index contributed by atoms with van der Waals surface area (Å²) in [6, 6.07) is 11.9. The molecule has 34 heavy (non-hydrogen) atoms. The lowest BCUT2D eigenvalue weighted by molar-refractivity contribution is 0.0746. The molecule has 1 fully saturated rings. The number of amides is 1. The maximum Gasteiger partial charge on any atom is 0.259 e. The van der Waals surface area contributed by atoms with Crippen molar-refractivity contribution in [3.8, 4) is 11.5 Å². The van der Waals surface area contributed by atoms with Crippen LogP contribution in [0.2, 0.25) is 0 Å². The van der Waals surface area contributed by atoms with Crippen LogP contribution in [0.4, 0.5) is 10.2 Å². The topological polar surface area (TPSA) is 72.1 Å². The first-order chi connectivity index (χ1) is 16.7. The summed E-state index contributed by atoms with van der Waals surface area (Å²) in [6.07, 6.45) is 6.92. The Balaban J connectivity index is 1.28. The van der Waals surface area contributed by atoms with Gasteiger partial charge in [-0.05, 0) is 47.8 Å². The van der Waals surface area contributed by atoms with Gasteiger partial charge in [0.1, 0.15) is 28.4 Å². The van der Waals surface area contributed by atoms with Crippen molar-refractivity contribution in [2.45, 2.75) is 0 Å². The summed E-state index contributed by atoms with van der Waals surface area (Å²) in [4.78, 5) is 27.4. The number of nitrogens with zero attached hydrogens (tertiary/aromatic N) is 7. The van der Waals surface area contributed by atoms with Crippen LogP contribution in [0.5, 0.6) is 0 Å². The van der Waals surface area contributed by atoms with E-state index in [9.17, 15) is 9.18 Å². The largest absolute Gasteiger partial charge is 0.352 e. The van der Waals surface area contributed by atoms with E-state index in [-0.39, 0.29) is 11.7 Å². The molecule has 10 heteroatoms. The number of hydrogen-bond acceptors (Lipinski definition) is 6. The Morgan fingerprint density at radius 1 is 0.971 bits per heavy atom. The third kappa shape index (κ3) is 3.52. The molecule has 0 aliphatic carbocycles. The number of rotatable bonds is 4. The highest BCUT2D eigenvalue weighted by Gasteiger charge is 2.28. The van der Waals surface area contributed by atoms with Gasteiger partial charge in [-0.3, -0.25) is 4.79 Å². The number of benzene rings is 1. The Hall–Kier alpha value is -4.05. The summed E-state index contributed by atoms with van der Waals surface area (Å²) in [7, 11) is 0. The van der Waals surface area contributed by atoms with Crippen LogP contribution >= 0.6 is 11.3 Å². The van der Waals surface area contributed by atoms with Crippen LogP contribution in [-0.2, 0) is 0 Å². The van der Waals surface area contributed by atoms with Gasteiger partial charge in [-0.1, -0.05) is 0 Å². The molecule has 0 radical (unpaired) electrons. The van der Waals surface area contributed by atoms with Crippen LogP contribution in [0.3, 0.4) is 0 Å². The summed E-state index contributed by atoms with van der Waals surface area (Å²) in [6.45, 7) is 2.50. The van der Waals surface area contributed by atoms with Crippen LogP contribution in [0, 0.1) is 5.82 Å². The zero-order valence-corrected chi connectivity index (χ0v) is 18.9. The van der Waals surface area contributed by atoms with Crippen molar-refractivity contribution in [2.75, 3.05) is 31.1 Å². The molecule has 0 spiro atoms. The third-order valence-corrected chi connectivity index (χ3v) is 6.82. The lowest BCUT2D eigenvalue weighted by Crippen LogP contribution is -2.49. The molecule has 0 unspecified atom stereocenters. The van der Waals surface area contributed by atoms with E-state index < -0.39 is 0 Å². The van der Waals surface area contributed by atoms with E-state index in [1.165, 1.54) is 12.1 Å². The minimum absolute atomic E-state index is 0.0833. The minimum Gasteiger partial charge on any atom is -0.352 e. The van der Waals surface area contributed by atoms with E-state index >= 15 is 0 Å². The van der Waals surface area contributed by atoms with Gasteiger partial charge in [0.25, 0.3) is 5.91 Å². The lowest BCUT2D eigenvalue weighted by atomic mass is 10.2. The molecule has 8 nitrogen and oxygen atoms in total. The Morgan fingerprint density at radius 2 is 1.74 bits per heavy atom. The van der Waals surface area contributed by atoms with E-state index in [1.54, 1.807) is 40.7 Å². The molecule has 170 valence electrons. The SMILES string of the molecule is O=C(c1cnn(-c2ccc(F)cc2)c1-n1cccc1)N1CCN(c2ncnc3sccc23)CC1. The summed E-state index contributed by atoms with van der Waals surface area (Å²) in [5.41, 5.74) is 1.17. The smallest absolute Gasteiger partial charge is 0.259 e. The first kappa shape index (κ1) is 20.5. The van der Waals surface area contributed by atoms with Crippen molar-refractivity contribution in [1.29, 1.82) is 0 Å². The fraction of sp³-hybridized carbons (Fsp3) is 0.167. The molecule has 0 atom stereocenters. The van der Waals surface area contributed by atoms with Crippen molar-refractivity contribution in [3.05, 3.63) is 84.1 Å². The third-order valence-electron chi connectivity index (χ3n) is 6.00. The minimum atomic E-state index is -0.323. The number of aromatic nitrogens is 5. The van der Waals surface area contributed by atoms with Gasteiger partial charge in [-0.25, -0.2) is 19.0 Å². The van der Waals surface area contributed by atoms with Crippen molar-refractivity contribution in [2.24, 2.45) is 0 Å². The van der Waals surface area contributed by atoms with Gasteiger partial charge in [-0.15, -0.1) is 11.3 Å². The molecule has 1 aliphatic heterocycles. The molecule has 1 saturated heterocycles. The summed E-state index contributed by atoms with van der Waals surface area (Å²) in [5.74, 6) is 1.13. The molecule has 5 heterocycles. The first-order valence-electron chi connectivity index (χ1n) is 10.9. The molecule has 1 amide bonds. The van der Waals surface area contributed by atoms with Crippen LogP contribution in [-0.4, -0.2) is 61.3 Å². The van der Waals surface area contributed by atoms with Crippen LogP contribution in [0.15, 0.2) is 72.8 Å². The van der Waals surface area contributed by atoms with E-state index in [1.807, 2.05) is 45.4 Å². The van der Waals surface area contributed by atoms with Crippen molar-refractivity contribution in [1.82, 2.24) is 29.2 Å². The zero-order chi connectivity index (χ0) is 23.1. The molecule has 1 aliphatic rings. The highest BCUT2D eigenvalue weighted by Crippen LogP contribution is 2.28. The fourth-order valence-electron chi connectivity index (χ4n) is 4.31. The number of fused-ring (bicyclic) bond motifs is 1. The number of anilines is 1. The summed E-state index contributed by atoms with van der Waals surface area (Å²) >= 11 is 1.59. The molecule has 5 aromatic rings. The standard InChI is InChI=1S/C24H20FN7OS/c25-17-3-5-18(6-4-17)32-23(30-8-1-2-9-30)20(15-28-32)24(33)31-12-10-29(11-13-31)21-19-7-14-34-22(19)27-16-26-21/h1-9,14-16H,10-13H2. The Kier molecular flexibility index (Phi) is 5.06. The molecule has 4 aromatic heterocycles. The molecule has 0 N–H and O–H groups in total. The summed E-state index contributed by atoms with van der Waals surface area (Å²) in [5, 5.41) is 7.54. The molecule has 6 rings (SSSR count). The number of hydrogen-bond donors (Lipinski definition) is 0. The second-order valence-corrected chi connectivity index (χ2v) is 8.87. The number of thiophene rings is 1. The van der Waals surface area contributed by atoms with E-state index in [0.29, 0.717) is 43.2 Å². The maximum atomic E-state index is 13.6. The second kappa shape index (κ2) is 8.38. The van der Waals surface area contributed by atoms with Gasteiger partial charge in [0.05, 0.1) is 17.3 Å². The fourth-order valence-corrected chi connectivity index (χ4v) is 5.04. The summed E-state index contributed by atoms with van der Waals surface area (Å²) < 4.78 is 17.0. The van der Waals surface area contributed by atoms with Crippen molar-refractivity contribution >= 4 is 33.3 Å². The van der Waals surface area contributed by atoms with Gasteiger partial charge in [-0.2, -0.15) is 5.10 Å². The zero-order valence-electron chi connectivity index (χ0n) is 18.1. The van der Waals surface area contributed by atoms with E-state index in [2.05, 4.69) is 20.0 Å². The molecule has 0 saturated carbocycles. The Labute approximate surface area is 198 Å². The number of carbonyl (C=O) groups is 1. The number of halogens is 1. The van der Waals surface area contributed by atoms with Gasteiger partial charge in [0, 0.05) is 38.6 Å². The molecular weight excluding hydrogens is 453 g/mol. The van der Waals surface area contributed by atoms with Crippen LogP contribution in [0.25, 0.3) is 21.7 Å². The number of piperazine rings is 1. The highest BCUT2D eigenvalue weighted by molar-refractivity contribution is 7.16. The quantitative estimate of drug-likeness (QED) is 0.397. The predicted molar refractivity (Wildman–Crippen MR) is 128 cm³/mol. The van der Waals surface area contributed by atoms with E-state index in [0.717, 1.165) is 16.0 Å². The van der Waals surface area contributed by atoms with Gasteiger partial charge < -0.3 is 14.4 Å².